The van der Waals surface area contributed by atoms with Crippen molar-refractivity contribution in [3.8, 4) is 5.75 Å². The smallest absolute Gasteiger partial charge is 0.305 e. The van der Waals surface area contributed by atoms with E-state index in [0.717, 1.165) is 21.8 Å². The zero-order valence-corrected chi connectivity index (χ0v) is 15.7. The summed E-state index contributed by atoms with van der Waals surface area (Å²) < 4.78 is 5.39. The Morgan fingerprint density at radius 2 is 1.85 bits per heavy atom. The van der Waals surface area contributed by atoms with Crippen molar-refractivity contribution in [1.82, 2.24) is 5.32 Å². The van der Waals surface area contributed by atoms with Crippen molar-refractivity contribution in [3.63, 3.8) is 0 Å². The van der Waals surface area contributed by atoms with E-state index in [2.05, 4.69) is 5.32 Å². The Bertz CT molecular complexity index is 746. The first-order valence-corrected chi connectivity index (χ1v) is 9.40. The number of nitrogens with one attached hydrogen (secondary N) is 1. The third kappa shape index (κ3) is 6.11. The number of aliphatic carboxylic acids is 1. The van der Waals surface area contributed by atoms with Crippen LogP contribution in [-0.2, 0) is 9.59 Å². The minimum atomic E-state index is -0.947. The van der Waals surface area contributed by atoms with Gasteiger partial charge in [0.15, 0.2) is 0 Å². The second-order valence-electron chi connectivity index (χ2n) is 5.77. The summed E-state index contributed by atoms with van der Waals surface area (Å²) in [5, 5.41) is 12.0. The first kappa shape index (κ1) is 19.8. The van der Waals surface area contributed by atoms with Gasteiger partial charge in [-0.25, -0.2) is 0 Å². The average molecular weight is 373 g/mol. The summed E-state index contributed by atoms with van der Waals surface area (Å²) in [6.07, 6.45) is -0.148. The molecule has 2 aromatic carbocycles. The molecule has 6 heteroatoms. The van der Waals surface area contributed by atoms with Crippen molar-refractivity contribution in [3.05, 3.63) is 59.7 Å². The molecule has 0 aliphatic heterocycles. The molecule has 2 aromatic rings. The number of amides is 1. The lowest BCUT2D eigenvalue weighted by atomic mass is 9.99. The number of benzene rings is 2. The highest BCUT2D eigenvalue weighted by molar-refractivity contribution is 8.00. The van der Waals surface area contributed by atoms with Crippen LogP contribution in [0.3, 0.4) is 0 Å². The maximum atomic E-state index is 12.3. The molecule has 1 unspecified atom stereocenters. The van der Waals surface area contributed by atoms with Crippen LogP contribution in [0.25, 0.3) is 0 Å². The molecule has 0 saturated heterocycles. The van der Waals surface area contributed by atoms with Gasteiger partial charge in [0.25, 0.3) is 0 Å². The lowest BCUT2D eigenvalue weighted by Crippen LogP contribution is -2.31. The van der Waals surface area contributed by atoms with Crippen LogP contribution in [0.15, 0.2) is 53.4 Å². The Balaban J connectivity index is 1.96. The standard InChI is InChI=1S/C20H23NO4S/c1-3-25-15-8-10-16(11-9-15)26-13-19(22)21-18(12-20(23)24)17-7-5-4-6-14(17)2/h4-11,18H,3,12-13H2,1-2H3,(H,21,22)(H,23,24). The molecule has 0 aliphatic carbocycles. The molecule has 2 rings (SSSR count). The van der Waals surface area contributed by atoms with Gasteiger partial charge in [-0.1, -0.05) is 24.3 Å². The summed E-state index contributed by atoms with van der Waals surface area (Å²) >= 11 is 1.40. The predicted molar refractivity (Wildman–Crippen MR) is 103 cm³/mol. The number of rotatable bonds is 9. The number of hydrogen-bond acceptors (Lipinski definition) is 4. The quantitative estimate of drug-likeness (QED) is 0.654. The fourth-order valence-electron chi connectivity index (χ4n) is 2.57. The lowest BCUT2D eigenvalue weighted by molar-refractivity contribution is -0.137. The predicted octanol–water partition coefficient (Wildman–Crippen LogP) is 3.82. The SMILES string of the molecule is CCOc1ccc(SCC(=O)NC(CC(=O)O)c2ccccc2C)cc1. The first-order valence-electron chi connectivity index (χ1n) is 8.42. The van der Waals surface area contributed by atoms with Crippen LogP contribution < -0.4 is 10.1 Å². The van der Waals surface area contributed by atoms with E-state index in [1.165, 1.54) is 11.8 Å². The number of carbonyl (C=O) groups is 2. The largest absolute Gasteiger partial charge is 0.494 e. The van der Waals surface area contributed by atoms with Gasteiger partial charge in [-0.2, -0.15) is 0 Å². The van der Waals surface area contributed by atoms with Crippen LogP contribution in [0.1, 0.15) is 30.5 Å². The van der Waals surface area contributed by atoms with Gasteiger partial charge in [-0.05, 0) is 49.2 Å². The molecule has 0 aromatic heterocycles. The monoisotopic (exact) mass is 373 g/mol. The number of aryl methyl sites for hydroxylation is 1. The maximum absolute atomic E-state index is 12.3. The Kier molecular flexibility index (Phi) is 7.53. The summed E-state index contributed by atoms with van der Waals surface area (Å²) in [7, 11) is 0. The summed E-state index contributed by atoms with van der Waals surface area (Å²) in [5.74, 6) is -0.130. The molecule has 1 amide bonds. The minimum Gasteiger partial charge on any atom is -0.494 e. The topological polar surface area (TPSA) is 75.6 Å². The lowest BCUT2D eigenvalue weighted by Gasteiger charge is -2.19. The second-order valence-corrected chi connectivity index (χ2v) is 6.82. The average Bonchev–Trinajstić information content (AvgIpc) is 2.61. The number of carboxylic acid groups (broad SMARTS) is 1. The van der Waals surface area contributed by atoms with Crippen LogP contribution in [-0.4, -0.2) is 29.3 Å². The van der Waals surface area contributed by atoms with Crippen molar-refractivity contribution in [1.29, 1.82) is 0 Å². The van der Waals surface area contributed by atoms with Crippen LogP contribution >= 0.6 is 11.8 Å². The number of carboxylic acids is 1. The Morgan fingerprint density at radius 1 is 1.15 bits per heavy atom. The summed E-state index contributed by atoms with van der Waals surface area (Å²) in [6.45, 7) is 4.44. The number of ether oxygens (including phenoxy) is 1. The van der Waals surface area contributed by atoms with E-state index in [0.29, 0.717) is 6.61 Å². The molecule has 0 aliphatic rings. The van der Waals surface area contributed by atoms with Crippen LogP contribution in [0.2, 0.25) is 0 Å². The first-order chi connectivity index (χ1) is 12.5. The molecule has 26 heavy (non-hydrogen) atoms. The van der Waals surface area contributed by atoms with E-state index in [1.807, 2.05) is 62.4 Å². The van der Waals surface area contributed by atoms with E-state index in [1.54, 1.807) is 0 Å². The van der Waals surface area contributed by atoms with Gasteiger partial charge < -0.3 is 15.2 Å². The number of thioether (sulfide) groups is 1. The fourth-order valence-corrected chi connectivity index (χ4v) is 3.28. The molecule has 0 fully saturated rings. The molecule has 138 valence electrons. The summed E-state index contributed by atoms with van der Waals surface area (Å²) in [5.41, 5.74) is 1.78. The number of hydrogen-bond donors (Lipinski definition) is 2. The van der Waals surface area contributed by atoms with E-state index in [4.69, 9.17) is 9.84 Å². The molecule has 0 spiro atoms. The Hall–Kier alpha value is -2.47. The normalized spacial score (nSPS) is 11.6. The Labute approximate surface area is 157 Å². The van der Waals surface area contributed by atoms with Gasteiger partial charge in [0.1, 0.15) is 5.75 Å². The third-order valence-electron chi connectivity index (χ3n) is 3.78. The van der Waals surface area contributed by atoms with E-state index < -0.39 is 12.0 Å². The van der Waals surface area contributed by atoms with Crippen LogP contribution in [0.4, 0.5) is 0 Å². The molecule has 2 N–H and O–H groups in total. The van der Waals surface area contributed by atoms with E-state index in [9.17, 15) is 9.59 Å². The molecule has 5 nitrogen and oxygen atoms in total. The fraction of sp³-hybridized carbons (Fsp3) is 0.300. The highest BCUT2D eigenvalue weighted by Crippen LogP contribution is 2.23. The molecule has 0 bridgehead atoms. The van der Waals surface area contributed by atoms with Gasteiger partial charge in [-0.3, -0.25) is 9.59 Å². The summed E-state index contributed by atoms with van der Waals surface area (Å²) in [4.78, 5) is 24.4. The molecule has 0 radical (unpaired) electrons. The second kappa shape index (κ2) is 9.87. The Morgan fingerprint density at radius 3 is 2.46 bits per heavy atom. The zero-order chi connectivity index (χ0) is 18.9. The van der Waals surface area contributed by atoms with Gasteiger partial charge in [0.05, 0.1) is 24.8 Å². The van der Waals surface area contributed by atoms with Crippen molar-refractivity contribution in [2.24, 2.45) is 0 Å². The molecule has 0 heterocycles. The molecular weight excluding hydrogens is 350 g/mol. The van der Waals surface area contributed by atoms with Gasteiger partial charge in [-0.15, -0.1) is 11.8 Å². The minimum absolute atomic E-state index is 0.148. The van der Waals surface area contributed by atoms with Gasteiger partial charge in [0, 0.05) is 4.90 Å². The van der Waals surface area contributed by atoms with Crippen molar-refractivity contribution in [2.75, 3.05) is 12.4 Å². The van der Waals surface area contributed by atoms with Gasteiger partial charge >= 0.3 is 5.97 Å². The third-order valence-corrected chi connectivity index (χ3v) is 4.79. The number of carbonyl (C=O) groups excluding carboxylic acids is 1. The van der Waals surface area contributed by atoms with Crippen LogP contribution in [0.5, 0.6) is 5.75 Å². The van der Waals surface area contributed by atoms with Crippen LogP contribution in [0, 0.1) is 6.92 Å². The summed E-state index contributed by atoms with van der Waals surface area (Å²) in [6, 6.07) is 14.5. The zero-order valence-electron chi connectivity index (χ0n) is 14.9. The van der Waals surface area contributed by atoms with E-state index in [-0.39, 0.29) is 18.1 Å². The maximum Gasteiger partial charge on any atom is 0.305 e. The van der Waals surface area contributed by atoms with Crippen molar-refractivity contribution < 1.29 is 19.4 Å². The van der Waals surface area contributed by atoms with Gasteiger partial charge in [0.2, 0.25) is 5.91 Å². The molecule has 0 saturated carbocycles. The van der Waals surface area contributed by atoms with Crippen molar-refractivity contribution >= 4 is 23.6 Å². The highest BCUT2D eigenvalue weighted by atomic mass is 32.2. The molecular formula is C20H23NO4S. The highest BCUT2D eigenvalue weighted by Gasteiger charge is 2.19. The van der Waals surface area contributed by atoms with Crippen molar-refractivity contribution in [2.45, 2.75) is 31.2 Å². The molecule has 1 atom stereocenters. The van der Waals surface area contributed by atoms with E-state index >= 15 is 0 Å².